The second-order valence-electron chi connectivity index (χ2n) is 7.63. The van der Waals surface area contributed by atoms with E-state index in [1.807, 2.05) is 23.1 Å². The van der Waals surface area contributed by atoms with Gasteiger partial charge in [-0.3, -0.25) is 4.79 Å². The maximum absolute atomic E-state index is 12.7. The molecule has 7 nitrogen and oxygen atoms in total. The summed E-state index contributed by atoms with van der Waals surface area (Å²) in [5, 5.41) is 15.3. The van der Waals surface area contributed by atoms with Gasteiger partial charge in [-0.25, -0.2) is 4.79 Å². The van der Waals surface area contributed by atoms with E-state index in [0.717, 1.165) is 12.8 Å². The zero-order valence-electron chi connectivity index (χ0n) is 17.4. The van der Waals surface area contributed by atoms with Gasteiger partial charge in [-0.05, 0) is 42.5 Å². The number of aromatic hydroxyl groups is 1. The lowest BCUT2D eigenvalue weighted by Gasteiger charge is -2.38. The number of hydrogen-bond donors (Lipinski definition) is 3. The summed E-state index contributed by atoms with van der Waals surface area (Å²) in [4.78, 5) is 27.0. The van der Waals surface area contributed by atoms with Crippen molar-refractivity contribution in [3.63, 3.8) is 0 Å². The van der Waals surface area contributed by atoms with E-state index < -0.39 is 0 Å². The number of rotatable bonds is 6. The normalized spacial score (nSPS) is 18.5. The highest BCUT2D eigenvalue weighted by molar-refractivity contribution is 5.91. The number of anilines is 2. The van der Waals surface area contributed by atoms with Crippen LogP contribution in [0.5, 0.6) is 11.5 Å². The SMILES string of the molecule is CCC1CN(C(=O)Nc2cccc(OC)c2)CCC1CC(=O)Nc1cccc(O)c1. The van der Waals surface area contributed by atoms with Crippen LogP contribution in [0.1, 0.15) is 26.2 Å². The highest BCUT2D eigenvalue weighted by Gasteiger charge is 2.31. The van der Waals surface area contributed by atoms with E-state index in [1.54, 1.807) is 31.4 Å². The highest BCUT2D eigenvalue weighted by atomic mass is 16.5. The van der Waals surface area contributed by atoms with Gasteiger partial charge in [0, 0.05) is 43.0 Å². The fourth-order valence-electron chi connectivity index (χ4n) is 3.93. The summed E-state index contributed by atoms with van der Waals surface area (Å²) in [5.41, 5.74) is 1.28. The van der Waals surface area contributed by atoms with Crippen LogP contribution in [0.15, 0.2) is 48.5 Å². The fraction of sp³-hybridized carbons (Fsp3) is 0.391. The maximum Gasteiger partial charge on any atom is 0.321 e. The third-order valence-electron chi connectivity index (χ3n) is 5.60. The predicted molar refractivity (Wildman–Crippen MR) is 117 cm³/mol. The smallest absolute Gasteiger partial charge is 0.321 e. The number of phenolic OH excluding ortho intramolecular Hbond substituents is 1. The Morgan fingerprint density at radius 3 is 2.53 bits per heavy atom. The van der Waals surface area contributed by atoms with E-state index >= 15 is 0 Å². The molecule has 1 heterocycles. The molecular formula is C23H29N3O4. The number of methoxy groups -OCH3 is 1. The molecule has 30 heavy (non-hydrogen) atoms. The molecule has 0 aromatic heterocycles. The maximum atomic E-state index is 12.7. The first-order valence-corrected chi connectivity index (χ1v) is 10.3. The molecule has 0 spiro atoms. The van der Waals surface area contributed by atoms with E-state index in [-0.39, 0.29) is 29.5 Å². The number of phenols is 1. The van der Waals surface area contributed by atoms with Crippen LogP contribution >= 0.6 is 0 Å². The van der Waals surface area contributed by atoms with E-state index in [0.29, 0.717) is 36.6 Å². The van der Waals surface area contributed by atoms with Crippen LogP contribution in [0, 0.1) is 11.8 Å². The van der Waals surface area contributed by atoms with Crippen LogP contribution in [0.3, 0.4) is 0 Å². The summed E-state index contributed by atoms with van der Waals surface area (Å²) in [7, 11) is 1.59. The molecular weight excluding hydrogens is 382 g/mol. The average Bonchev–Trinajstić information content (AvgIpc) is 2.74. The summed E-state index contributed by atoms with van der Waals surface area (Å²) in [5.74, 6) is 1.21. The molecule has 2 unspecified atom stereocenters. The molecule has 1 fully saturated rings. The summed E-state index contributed by atoms with van der Waals surface area (Å²) in [6.45, 7) is 3.32. The third-order valence-corrected chi connectivity index (χ3v) is 5.60. The van der Waals surface area contributed by atoms with Gasteiger partial charge in [-0.15, -0.1) is 0 Å². The molecule has 2 aromatic rings. The molecule has 3 N–H and O–H groups in total. The monoisotopic (exact) mass is 411 g/mol. The van der Waals surface area contributed by atoms with Crippen LogP contribution in [-0.4, -0.2) is 42.1 Å². The van der Waals surface area contributed by atoms with Crippen molar-refractivity contribution in [3.8, 4) is 11.5 Å². The summed E-state index contributed by atoms with van der Waals surface area (Å²) < 4.78 is 5.20. The molecule has 1 aliphatic rings. The van der Waals surface area contributed by atoms with Crippen LogP contribution < -0.4 is 15.4 Å². The van der Waals surface area contributed by atoms with Crippen molar-refractivity contribution in [3.05, 3.63) is 48.5 Å². The quantitative estimate of drug-likeness (QED) is 0.661. The Morgan fingerprint density at radius 1 is 1.10 bits per heavy atom. The second kappa shape index (κ2) is 10.0. The lowest BCUT2D eigenvalue weighted by atomic mass is 9.81. The molecule has 3 rings (SSSR count). The molecule has 2 atom stereocenters. The van der Waals surface area contributed by atoms with Gasteiger partial charge in [-0.1, -0.05) is 25.5 Å². The van der Waals surface area contributed by atoms with Crippen molar-refractivity contribution < 1.29 is 19.4 Å². The van der Waals surface area contributed by atoms with Gasteiger partial charge in [0.15, 0.2) is 0 Å². The van der Waals surface area contributed by atoms with E-state index in [4.69, 9.17) is 4.74 Å². The largest absolute Gasteiger partial charge is 0.508 e. The average molecular weight is 412 g/mol. The van der Waals surface area contributed by atoms with Crippen molar-refractivity contribution in [2.24, 2.45) is 11.8 Å². The number of amides is 3. The van der Waals surface area contributed by atoms with Gasteiger partial charge in [0.05, 0.1) is 7.11 Å². The molecule has 7 heteroatoms. The lowest BCUT2D eigenvalue weighted by Crippen LogP contribution is -2.46. The van der Waals surface area contributed by atoms with Gasteiger partial charge >= 0.3 is 6.03 Å². The third kappa shape index (κ3) is 5.65. The number of urea groups is 1. The topological polar surface area (TPSA) is 90.9 Å². The van der Waals surface area contributed by atoms with Gasteiger partial charge in [0.2, 0.25) is 5.91 Å². The minimum Gasteiger partial charge on any atom is -0.508 e. The summed E-state index contributed by atoms with van der Waals surface area (Å²) in [6.07, 6.45) is 2.07. The highest BCUT2D eigenvalue weighted by Crippen LogP contribution is 2.30. The first kappa shape index (κ1) is 21.5. The Morgan fingerprint density at radius 2 is 1.83 bits per heavy atom. The molecule has 0 radical (unpaired) electrons. The van der Waals surface area contributed by atoms with Crippen LogP contribution in [0.4, 0.5) is 16.2 Å². The molecule has 160 valence electrons. The van der Waals surface area contributed by atoms with Gasteiger partial charge < -0.3 is 25.4 Å². The Kier molecular flexibility index (Phi) is 7.17. The fourth-order valence-corrected chi connectivity index (χ4v) is 3.93. The van der Waals surface area contributed by atoms with E-state index in [9.17, 15) is 14.7 Å². The Bertz CT molecular complexity index is 886. The lowest BCUT2D eigenvalue weighted by molar-refractivity contribution is -0.117. The van der Waals surface area contributed by atoms with Crippen LogP contribution in [0.25, 0.3) is 0 Å². The van der Waals surface area contributed by atoms with Crippen molar-refractivity contribution in [2.45, 2.75) is 26.2 Å². The summed E-state index contributed by atoms with van der Waals surface area (Å²) in [6, 6.07) is 13.7. The number of piperidine rings is 1. The molecule has 2 aromatic carbocycles. The number of likely N-dealkylation sites (tertiary alicyclic amines) is 1. The molecule has 0 aliphatic carbocycles. The molecule has 1 saturated heterocycles. The minimum absolute atomic E-state index is 0.0710. The Labute approximate surface area is 177 Å². The van der Waals surface area contributed by atoms with Gasteiger partial charge in [0.1, 0.15) is 11.5 Å². The van der Waals surface area contributed by atoms with Gasteiger partial charge in [0.25, 0.3) is 0 Å². The number of ether oxygens (including phenoxy) is 1. The predicted octanol–water partition coefficient (Wildman–Crippen LogP) is 4.31. The molecule has 3 amide bonds. The zero-order valence-corrected chi connectivity index (χ0v) is 17.4. The first-order chi connectivity index (χ1) is 14.5. The molecule has 1 aliphatic heterocycles. The summed E-state index contributed by atoms with van der Waals surface area (Å²) >= 11 is 0. The van der Waals surface area contributed by atoms with E-state index in [2.05, 4.69) is 17.6 Å². The number of nitrogens with one attached hydrogen (secondary N) is 2. The number of carbonyl (C=O) groups is 2. The van der Waals surface area contributed by atoms with Gasteiger partial charge in [-0.2, -0.15) is 0 Å². The number of hydrogen-bond acceptors (Lipinski definition) is 4. The Balaban J connectivity index is 1.54. The second-order valence-corrected chi connectivity index (χ2v) is 7.63. The minimum atomic E-state index is -0.135. The number of benzene rings is 2. The number of carbonyl (C=O) groups excluding carboxylic acids is 2. The van der Waals surface area contributed by atoms with Crippen molar-refractivity contribution in [2.75, 3.05) is 30.8 Å². The molecule has 0 saturated carbocycles. The standard InChI is InChI=1S/C23H29N3O4/c1-3-16-15-26(23(29)25-19-7-5-9-21(14-19)30-2)11-10-17(16)12-22(28)24-18-6-4-8-20(27)13-18/h4-9,13-14,16-17,27H,3,10-12,15H2,1-2H3,(H,24,28)(H,25,29). The van der Waals surface area contributed by atoms with Crippen LogP contribution in [0.2, 0.25) is 0 Å². The van der Waals surface area contributed by atoms with Crippen molar-refractivity contribution >= 4 is 23.3 Å². The Hall–Kier alpha value is -3.22. The molecule has 0 bridgehead atoms. The van der Waals surface area contributed by atoms with Crippen LogP contribution in [-0.2, 0) is 4.79 Å². The van der Waals surface area contributed by atoms with Crippen molar-refractivity contribution in [1.29, 1.82) is 0 Å². The zero-order chi connectivity index (χ0) is 21.5. The number of nitrogens with zero attached hydrogens (tertiary/aromatic N) is 1. The first-order valence-electron chi connectivity index (χ1n) is 10.3. The van der Waals surface area contributed by atoms with Crippen molar-refractivity contribution in [1.82, 2.24) is 4.90 Å². The van der Waals surface area contributed by atoms with E-state index in [1.165, 1.54) is 6.07 Å².